The molecule has 0 bridgehead atoms. The molecule has 0 saturated carbocycles. The molecule has 0 radical (unpaired) electrons. The van der Waals surface area contributed by atoms with E-state index in [4.69, 9.17) is 4.74 Å². The van der Waals surface area contributed by atoms with Crippen LogP contribution in [0.25, 0.3) is 0 Å². The highest BCUT2D eigenvalue weighted by atomic mass is 19.1. The number of para-hydroxylation sites is 1. The molecule has 3 nitrogen and oxygen atoms in total. The van der Waals surface area contributed by atoms with E-state index < -0.39 is 6.10 Å². The maximum atomic E-state index is 13.0. The zero-order chi connectivity index (χ0) is 17.7. The molecule has 0 aliphatic heterocycles. The Morgan fingerprint density at radius 2 is 1.62 bits per heavy atom. The maximum absolute atomic E-state index is 13.0. The minimum Gasteiger partial charge on any atom is -0.481 e. The van der Waals surface area contributed by atoms with Crippen LogP contribution in [0.1, 0.15) is 50.8 Å². The number of amides is 1. The second-order valence-corrected chi connectivity index (χ2v) is 6.23. The van der Waals surface area contributed by atoms with Gasteiger partial charge in [0.15, 0.2) is 6.10 Å². The number of carbonyl (C=O) groups excluding carboxylic acids is 1. The third-order valence-corrected chi connectivity index (χ3v) is 3.94. The second kappa shape index (κ2) is 7.95. The highest BCUT2D eigenvalue weighted by molar-refractivity contribution is 5.81. The summed E-state index contributed by atoms with van der Waals surface area (Å²) in [4.78, 5) is 12.4. The number of nitrogens with one attached hydrogen (secondary N) is 1. The van der Waals surface area contributed by atoms with Crippen molar-refractivity contribution in [2.75, 3.05) is 0 Å². The Kier molecular flexibility index (Phi) is 5.96. The molecule has 4 heteroatoms. The topological polar surface area (TPSA) is 38.3 Å². The largest absolute Gasteiger partial charge is 0.481 e. The molecule has 1 N–H and O–H groups in total. The summed E-state index contributed by atoms with van der Waals surface area (Å²) in [6.07, 6.45) is -0.618. The van der Waals surface area contributed by atoms with E-state index in [0.29, 0.717) is 5.92 Å². The van der Waals surface area contributed by atoms with Crippen molar-refractivity contribution in [1.82, 2.24) is 5.32 Å². The minimum atomic E-state index is -0.618. The lowest BCUT2D eigenvalue weighted by Gasteiger charge is -2.21. The van der Waals surface area contributed by atoms with Gasteiger partial charge in [-0.05, 0) is 49.1 Å². The molecule has 0 fully saturated rings. The Bertz CT molecular complexity index is 682. The van der Waals surface area contributed by atoms with Gasteiger partial charge in [0.1, 0.15) is 11.6 Å². The van der Waals surface area contributed by atoms with E-state index in [2.05, 4.69) is 19.2 Å². The Morgan fingerprint density at radius 1 is 1.00 bits per heavy atom. The van der Waals surface area contributed by atoms with E-state index in [1.807, 2.05) is 31.2 Å². The first-order valence-corrected chi connectivity index (χ1v) is 8.20. The molecule has 2 aromatic carbocycles. The fourth-order valence-corrected chi connectivity index (χ4v) is 2.47. The highest BCUT2D eigenvalue weighted by Crippen LogP contribution is 2.26. The number of hydrogen-bond donors (Lipinski definition) is 1. The van der Waals surface area contributed by atoms with Crippen molar-refractivity contribution in [3.63, 3.8) is 0 Å². The van der Waals surface area contributed by atoms with E-state index in [0.717, 1.165) is 16.9 Å². The first kappa shape index (κ1) is 18.0. The van der Waals surface area contributed by atoms with E-state index in [9.17, 15) is 9.18 Å². The lowest BCUT2D eigenvalue weighted by molar-refractivity contribution is -0.127. The summed E-state index contributed by atoms with van der Waals surface area (Å²) in [7, 11) is 0. The number of benzene rings is 2. The van der Waals surface area contributed by atoms with Gasteiger partial charge in [-0.2, -0.15) is 0 Å². The van der Waals surface area contributed by atoms with Crippen molar-refractivity contribution in [2.45, 2.75) is 45.8 Å². The summed E-state index contributed by atoms with van der Waals surface area (Å²) >= 11 is 0. The fourth-order valence-electron chi connectivity index (χ4n) is 2.47. The summed E-state index contributed by atoms with van der Waals surface area (Å²) in [5, 5.41) is 2.90. The third kappa shape index (κ3) is 4.57. The summed E-state index contributed by atoms with van der Waals surface area (Å²) in [6, 6.07) is 13.6. The predicted octanol–water partition coefficient (Wildman–Crippen LogP) is 4.59. The molecule has 0 spiro atoms. The number of ether oxygens (including phenoxy) is 1. The van der Waals surface area contributed by atoms with Gasteiger partial charge in [0.05, 0.1) is 6.04 Å². The molecule has 2 atom stereocenters. The van der Waals surface area contributed by atoms with Gasteiger partial charge in [0.25, 0.3) is 5.91 Å². The molecular weight excluding hydrogens is 305 g/mol. The molecule has 0 unspecified atom stereocenters. The highest BCUT2D eigenvalue weighted by Gasteiger charge is 2.19. The van der Waals surface area contributed by atoms with Crippen LogP contribution in [0.3, 0.4) is 0 Å². The van der Waals surface area contributed by atoms with Crippen molar-refractivity contribution in [3.8, 4) is 5.75 Å². The lowest BCUT2D eigenvalue weighted by atomic mass is 10.0. The Labute approximate surface area is 142 Å². The summed E-state index contributed by atoms with van der Waals surface area (Å²) in [6.45, 7) is 7.76. The van der Waals surface area contributed by atoms with Gasteiger partial charge >= 0.3 is 0 Å². The van der Waals surface area contributed by atoms with Crippen molar-refractivity contribution in [2.24, 2.45) is 0 Å². The molecule has 0 aromatic heterocycles. The number of halogens is 1. The van der Waals surface area contributed by atoms with Gasteiger partial charge in [-0.3, -0.25) is 4.79 Å². The van der Waals surface area contributed by atoms with Crippen LogP contribution in [0.5, 0.6) is 5.75 Å². The first-order chi connectivity index (χ1) is 11.4. The van der Waals surface area contributed by atoms with Crippen LogP contribution in [-0.4, -0.2) is 12.0 Å². The summed E-state index contributed by atoms with van der Waals surface area (Å²) in [5.41, 5.74) is 1.92. The van der Waals surface area contributed by atoms with Crippen LogP contribution in [0, 0.1) is 5.82 Å². The molecule has 2 rings (SSSR count). The van der Waals surface area contributed by atoms with Crippen LogP contribution in [0.2, 0.25) is 0 Å². The van der Waals surface area contributed by atoms with Crippen molar-refractivity contribution >= 4 is 5.91 Å². The zero-order valence-electron chi connectivity index (χ0n) is 14.5. The average Bonchev–Trinajstić information content (AvgIpc) is 2.55. The number of rotatable bonds is 6. The Morgan fingerprint density at radius 3 is 2.25 bits per heavy atom. The Hall–Kier alpha value is -2.36. The van der Waals surface area contributed by atoms with Crippen LogP contribution in [0.4, 0.5) is 4.39 Å². The molecule has 128 valence electrons. The van der Waals surface area contributed by atoms with Gasteiger partial charge in [-0.25, -0.2) is 4.39 Å². The van der Waals surface area contributed by atoms with Gasteiger partial charge in [-0.1, -0.05) is 44.2 Å². The quantitative estimate of drug-likeness (QED) is 0.841. The van der Waals surface area contributed by atoms with Gasteiger partial charge in [0, 0.05) is 0 Å². The lowest BCUT2D eigenvalue weighted by Crippen LogP contribution is -2.37. The van der Waals surface area contributed by atoms with Crippen LogP contribution in [-0.2, 0) is 4.79 Å². The number of carbonyl (C=O) groups is 1. The fraction of sp³-hybridized carbons (Fsp3) is 0.350. The SMILES string of the molecule is CC(C)c1ccccc1O[C@H](C)C(=O)N[C@H](C)c1ccc(F)cc1. The van der Waals surface area contributed by atoms with Gasteiger partial charge in [-0.15, -0.1) is 0 Å². The van der Waals surface area contributed by atoms with Gasteiger partial charge < -0.3 is 10.1 Å². The zero-order valence-corrected chi connectivity index (χ0v) is 14.5. The maximum Gasteiger partial charge on any atom is 0.261 e. The number of hydrogen-bond acceptors (Lipinski definition) is 2. The van der Waals surface area contributed by atoms with Gasteiger partial charge in [0.2, 0.25) is 0 Å². The smallest absolute Gasteiger partial charge is 0.261 e. The summed E-state index contributed by atoms with van der Waals surface area (Å²) < 4.78 is 18.8. The molecule has 0 saturated heterocycles. The van der Waals surface area contributed by atoms with Crippen molar-refractivity contribution < 1.29 is 13.9 Å². The minimum absolute atomic E-state index is 0.203. The molecular formula is C20H24FNO2. The van der Waals surface area contributed by atoms with E-state index in [1.54, 1.807) is 19.1 Å². The molecule has 0 aliphatic carbocycles. The summed E-state index contributed by atoms with van der Waals surface area (Å²) in [5.74, 6) is 0.545. The first-order valence-electron chi connectivity index (χ1n) is 8.20. The Balaban J connectivity index is 2.01. The van der Waals surface area contributed by atoms with E-state index in [1.165, 1.54) is 12.1 Å². The standard InChI is InChI=1S/C20H24FNO2/c1-13(2)18-7-5-6-8-19(18)24-15(4)20(23)22-14(3)16-9-11-17(21)12-10-16/h5-15H,1-4H3,(H,22,23)/t14-,15-/m1/s1. The van der Waals surface area contributed by atoms with Crippen LogP contribution in [0.15, 0.2) is 48.5 Å². The molecule has 1 amide bonds. The van der Waals surface area contributed by atoms with Crippen LogP contribution >= 0.6 is 0 Å². The van der Waals surface area contributed by atoms with Crippen LogP contribution < -0.4 is 10.1 Å². The van der Waals surface area contributed by atoms with E-state index >= 15 is 0 Å². The molecule has 0 aliphatic rings. The second-order valence-electron chi connectivity index (χ2n) is 6.23. The van der Waals surface area contributed by atoms with Crippen molar-refractivity contribution in [1.29, 1.82) is 0 Å². The molecule has 2 aromatic rings. The average molecular weight is 329 g/mol. The molecule has 24 heavy (non-hydrogen) atoms. The van der Waals surface area contributed by atoms with Crippen molar-refractivity contribution in [3.05, 3.63) is 65.5 Å². The normalized spacial score (nSPS) is 13.4. The predicted molar refractivity (Wildman–Crippen MR) is 93.6 cm³/mol. The third-order valence-electron chi connectivity index (χ3n) is 3.94. The molecule has 0 heterocycles. The monoisotopic (exact) mass is 329 g/mol. The van der Waals surface area contributed by atoms with E-state index in [-0.39, 0.29) is 17.8 Å².